The zero-order valence-electron chi connectivity index (χ0n) is 18.9. The fourth-order valence-corrected chi connectivity index (χ4v) is 4.36. The van der Waals surface area contributed by atoms with Gasteiger partial charge in [-0.2, -0.15) is 0 Å². The first-order valence-electron chi connectivity index (χ1n) is 11.7. The Bertz CT molecular complexity index is 947. The Balaban J connectivity index is 1.22. The van der Waals surface area contributed by atoms with Gasteiger partial charge in [-0.25, -0.2) is 9.78 Å². The van der Waals surface area contributed by atoms with E-state index in [1.165, 1.54) is 5.56 Å². The maximum atomic E-state index is 12.7. The summed E-state index contributed by atoms with van der Waals surface area (Å²) in [5.74, 6) is 0.116. The molecule has 1 saturated heterocycles. The van der Waals surface area contributed by atoms with Crippen LogP contribution in [0.1, 0.15) is 36.1 Å². The topological polar surface area (TPSA) is 95.0 Å². The molecule has 176 valence electrons. The molecular formula is C25H32N4O4. The number of rotatable bonds is 10. The summed E-state index contributed by atoms with van der Waals surface area (Å²) in [5.41, 5.74) is 3.31. The van der Waals surface area contributed by atoms with Crippen LogP contribution in [0.3, 0.4) is 0 Å². The number of fused-ring (bicyclic) bond motifs is 1. The molecule has 0 bridgehead atoms. The highest BCUT2D eigenvalue weighted by Gasteiger charge is 2.35. The van der Waals surface area contributed by atoms with Crippen LogP contribution in [0.4, 0.5) is 10.6 Å². The average molecular weight is 453 g/mol. The quantitative estimate of drug-likeness (QED) is 0.572. The first-order chi connectivity index (χ1) is 16.1. The smallest absolute Gasteiger partial charge is 0.410 e. The molecule has 0 spiro atoms. The van der Waals surface area contributed by atoms with E-state index in [-0.39, 0.29) is 25.6 Å². The third-order valence-electron chi connectivity index (χ3n) is 6.24. The molecule has 2 aliphatic heterocycles. The average Bonchev–Trinajstić information content (AvgIpc) is 2.81. The maximum Gasteiger partial charge on any atom is 0.410 e. The Morgan fingerprint density at radius 3 is 2.79 bits per heavy atom. The summed E-state index contributed by atoms with van der Waals surface area (Å²) in [7, 11) is 0. The number of aliphatic carboxylic acids is 1. The number of hydrogen-bond donors (Lipinski definition) is 2. The Kier molecular flexibility index (Phi) is 7.78. The van der Waals surface area contributed by atoms with Gasteiger partial charge in [0.15, 0.2) is 0 Å². The number of likely N-dealkylation sites (tertiary alicyclic amines) is 1. The van der Waals surface area contributed by atoms with Crippen molar-refractivity contribution in [1.29, 1.82) is 0 Å². The number of aryl methyl sites for hydroxylation is 2. The van der Waals surface area contributed by atoms with E-state index in [2.05, 4.69) is 22.3 Å². The van der Waals surface area contributed by atoms with Crippen molar-refractivity contribution >= 4 is 17.9 Å². The van der Waals surface area contributed by atoms with Crippen LogP contribution in [0.2, 0.25) is 0 Å². The number of pyridine rings is 1. The first-order valence-corrected chi connectivity index (χ1v) is 11.7. The van der Waals surface area contributed by atoms with E-state index >= 15 is 0 Å². The minimum absolute atomic E-state index is 0.0151. The highest BCUT2D eigenvalue weighted by molar-refractivity contribution is 5.71. The lowest BCUT2D eigenvalue weighted by atomic mass is 10.0. The van der Waals surface area contributed by atoms with Crippen LogP contribution >= 0.6 is 0 Å². The van der Waals surface area contributed by atoms with Gasteiger partial charge >= 0.3 is 12.1 Å². The number of anilines is 1. The van der Waals surface area contributed by atoms with E-state index in [0.717, 1.165) is 68.9 Å². The molecule has 0 radical (unpaired) electrons. The number of nitrogens with zero attached hydrogens (tertiary/aromatic N) is 3. The second kappa shape index (κ2) is 11.1. The van der Waals surface area contributed by atoms with Gasteiger partial charge in [0.1, 0.15) is 12.4 Å². The number of ether oxygens (including phenoxy) is 1. The van der Waals surface area contributed by atoms with Crippen LogP contribution in [0.5, 0.6) is 0 Å². The molecule has 0 aliphatic carbocycles. The molecule has 8 nitrogen and oxygen atoms in total. The van der Waals surface area contributed by atoms with Gasteiger partial charge in [0.05, 0.1) is 12.5 Å². The Morgan fingerprint density at radius 1 is 1.18 bits per heavy atom. The van der Waals surface area contributed by atoms with E-state index in [1.54, 1.807) is 4.90 Å². The molecule has 1 aromatic heterocycles. The van der Waals surface area contributed by atoms with Crippen molar-refractivity contribution in [2.45, 2.75) is 44.8 Å². The lowest BCUT2D eigenvalue weighted by molar-refractivity contribution is -0.137. The summed E-state index contributed by atoms with van der Waals surface area (Å²) in [5, 5.41) is 12.5. The predicted molar refractivity (Wildman–Crippen MR) is 125 cm³/mol. The second-order valence-corrected chi connectivity index (χ2v) is 8.73. The highest BCUT2D eigenvalue weighted by Crippen LogP contribution is 2.21. The van der Waals surface area contributed by atoms with Gasteiger partial charge in [-0.3, -0.25) is 9.69 Å². The number of nitrogens with one attached hydrogen (secondary N) is 1. The van der Waals surface area contributed by atoms with E-state index in [1.807, 2.05) is 30.3 Å². The number of carbonyl (C=O) groups excluding carboxylic acids is 1. The van der Waals surface area contributed by atoms with E-state index in [0.29, 0.717) is 0 Å². The van der Waals surface area contributed by atoms with E-state index < -0.39 is 12.1 Å². The molecule has 1 fully saturated rings. The second-order valence-electron chi connectivity index (χ2n) is 8.73. The normalized spacial score (nSPS) is 15.8. The largest absolute Gasteiger partial charge is 0.481 e. The summed E-state index contributed by atoms with van der Waals surface area (Å²) in [4.78, 5) is 32.3. The molecular weight excluding hydrogens is 420 g/mol. The summed E-state index contributed by atoms with van der Waals surface area (Å²) in [6.45, 7) is 3.73. The van der Waals surface area contributed by atoms with Crippen LogP contribution < -0.4 is 5.32 Å². The molecule has 1 aromatic carbocycles. The lowest BCUT2D eigenvalue weighted by Crippen LogP contribution is -2.61. The standard InChI is InChI=1S/C25H32N4O4/c30-23(31)12-15-29(25(32)33-18-19-6-2-1-3-7-19)22-16-28(17-22)14-5-9-21-11-10-20-8-4-13-26-24(20)27-21/h1-3,6-7,10-11,22H,4-5,8-9,12-18H2,(H,26,27)(H,30,31). The Labute approximate surface area is 194 Å². The van der Waals surface area contributed by atoms with E-state index in [9.17, 15) is 9.59 Å². The maximum absolute atomic E-state index is 12.7. The van der Waals surface area contributed by atoms with E-state index in [4.69, 9.17) is 14.8 Å². The van der Waals surface area contributed by atoms with Gasteiger partial charge in [-0.15, -0.1) is 0 Å². The molecule has 4 rings (SSSR count). The molecule has 2 N–H and O–H groups in total. The molecule has 2 aromatic rings. The number of amides is 1. The molecule has 1 amide bonds. The van der Waals surface area contributed by atoms with Crippen LogP contribution in [0.25, 0.3) is 0 Å². The lowest BCUT2D eigenvalue weighted by Gasteiger charge is -2.44. The monoisotopic (exact) mass is 452 g/mol. The summed E-state index contributed by atoms with van der Waals surface area (Å²) >= 11 is 0. The molecule has 3 heterocycles. The number of carboxylic acids is 1. The first kappa shape index (κ1) is 23.0. The van der Waals surface area contributed by atoms with Crippen molar-refractivity contribution < 1.29 is 19.4 Å². The Morgan fingerprint density at radius 2 is 2.00 bits per heavy atom. The number of hydrogen-bond acceptors (Lipinski definition) is 6. The van der Waals surface area contributed by atoms with Crippen LogP contribution in [-0.2, 0) is 29.0 Å². The van der Waals surface area contributed by atoms with Crippen molar-refractivity contribution in [2.24, 2.45) is 0 Å². The Hall–Kier alpha value is -3.13. The predicted octanol–water partition coefficient (Wildman–Crippen LogP) is 3.17. The molecule has 33 heavy (non-hydrogen) atoms. The molecule has 0 atom stereocenters. The summed E-state index contributed by atoms with van der Waals surface area (Å²) in [6, 6.07) is 13.8. The van der Waals surface area contributed by atoms with Gasteiger partial charge < -0.3 is 20.1 Å². The zero-order chi connectivity index (χ0) is 23.0. The minimum atomic E-state index is -0.918. The molecule has 0 saturated carbocycles. The fraction of sp³-hybridized carbons (Fsp3) is 0.480. The minimum Gasteiger partial charge on any atom is -0.481 e. The van der Waals surface area contributed by atoms with Crippen molar-refractivity contribution in [1.82, 2.24) is 14.8 Å². The van der Waals surface area contributed by atoms with Crippen molar-refractivity contribution in [3.8, 4) is 0 Å². The van der Waals surface area contributed by atoms with Gasteiger partial charge in [0, 0.05) is 31.9 Å². The SMILES string of the molecule is O=C(O)CCN(C(=O)OCc1ccccc1)C1CN(CCCc2ccc3c(n2)NCCC3)C1. The number of benzene rings is 1. The van der Waals surface area contributed by atoms with Crippen LogP contribution in [-0.4, -0.2) is 70.7 Å². The third kappa shape index (κ3) is 6.44. The zero-order valence-corrected chi connectivity index (χ0v) is 18.9. The number of carbonyl (C=O) groups is 2. The molecule has 8 heteroatoms. The van der Waals surface area contributed by atoms with Crippen molar-refractivity contribution in [2.75, 3.05) is 38.0 Å². The highest BCUT2D eigenvalue weighted by atomic mass is 16.6. The summed E-state index contributed by atoms with van der Waals surface area (Å²) in [6.07, 6.45) is 3.62. The van der Waals surface area contributed by atoms with Crippen LogP contribution in [0.15, 0.2) is 42.5 Å². The van der Waals surface area contributed by atoms with Gasteiger partial charge in [-0.1, -0.05) is 36.4 Å². The fourth-order valence-electron chi connectivity index (χ4n) is 4.36. The number of aromatic nitrogens is 1. The van der Waals surface area contributed by atoms with Gasteiger partial charge in [0.2, 0.25) is 0 Å². The van der Waals surface area contributed by atoms with Gasteiger partial charge in [-0.05, 0) is 49.4 Å². The molecule has 2 aliphatic rings. The van der Waals surface area contributed by atoms with Crippen molar-refractivity contribution in [3.05, 3.63) is 59.3 Å². The third-order valence-corrected chi connectivity index (χ3v) is 6.24. The van der Waals surface area contributed by atoms with Gasteiger partial charge in [0.25, 0.3) is 0 Å². The number of carboxylic acid groups (broad SMARTS) is 1. The van der Waals surface area contributed by atoms with Crippen molar-refractivity contribution in [3.63, 3.8) is 0 Å². The van der Waals surface area contributed by atoms with Crippen LogP contribution in [0, 0.1) is 0 Å². The summed E-state index contributed by atoms with van der Waals surface area (Å²) < 4.78 is 5.46. The molecule has 0 unspecified atom stereocenters.